The van der Waals surface area contributed by atoms with E-state index in [2.05, 4.69) is 31.2 Å². The van der Waals surface area contributed by atoms with Crippen molar-refractivity contribution in [1.29, 1.82) is 0 Å². The van der Waals surface area contributed by atoms with Crippen molar-refractivity contribution >= 4 is 21.7 Å². The van der Waals surface area contributed by atoms with Crippen molar-refractivity contribution < 1.29 is 4.39 Å². The normalized spacial score (nSPS) is 10.3. The standard InChI is InChI=1S/C12H11BrFN3/c1-2-15-11-5-6-16-12(17-11)9-7-8(14)3-4-10(9)13/h3-7H,2H2,1H3,(H,15,16,17). The molecule has 1 aromatic carbocycles. The minimum absolute atomic E-state index is 0.305. The van der Waals surface area contributed by atoms with Crippen LogP contribution in [0.25, 0.3) is 11.4 Å². The molecule has 0 aliphatic rings. The van der Waals surface area contributed by atoms with E-state index < -0.39 is 0 Å². The molecule has 1 heterocycles. The van der Waals surface area contributed by atoms with Crippen LogP contribution < -0.4 is 5.32 Å². The lowest BCUT2D eigenvalue weighted by molar-refractivity contribution is 0.628. The molecule has 2 rings (SSSR count). The zero-order chi connectivity index (χ0) is 12.3. The van der Waals surface area contributed by atoms with Crippen molar-refractivity contribution in [2.75, 3.05) is 11.9 Å². The van der Waals surface area contributed by atoms with E-state index in [1.54, 1.807) is 18.3 Å². The first-order chi connectivity index (χ1) is 8.20. The molecule has 0 saturated carbocycles. The van der Waals surface area contributed by atoms with E-state index in [1.165, 1.54) is 12.1 Å². The SMILES string of the molecule is CCNc1ccnc(-c2cc(F)ccc2Br)n1. The molecule has 0 atom stereocenters. The molecule has 0 aliphatic carbocycles. The van der Waals surface area contributed by atoms with Gasteiger partial charge in [-0.2, -0.15) is 0 Å². The van der Waals surface area contributed by atoms with Gasteiger partial charge < -0.3 is 5.32 Å². The van der Waals surface area contributed by atoms with E-state index in [0.29, 0.717) is 11.4 Å². The summed E-state index contributed by atoms with van der Waals surface area (Å²) < 4.78 is 14.0. The van der Waals surface area contributed by atoms with Crippen LogP contribution in [0.15, 0.2) is 34.9 Å². The highest BCUT2D eigenvalue weighted by Gasteiger charge is 2.08. The Hall–Kier alpha value is -1.49. The van der Waals surface area contributed by atoms with Gasteiger partial charge in [0.15, 0.2) is 5.82 Å². The lowest BCUT2D eigenvalue weighted by Gasteiger charge is -2.06. The predicted molar refractivity (Wildman–Crippen MR) is 69.3 cm³/mol. The lowest BCUT2D eigenvalue weighted by atomic mass is 10.2. The number of nitrogens with zero attached hydrogens (tertiary/aromatic N) is 2. The highest BCUT2D eigenvalue weighted by atomic mass is 79.9. The fourth-order valence-electron chi connectivity index (χ4n) is 1.44. The van der Waals surface area contributed by atoms with Gasteiger partial charge in [0.25, 0.3) is 0 Å². The van der Waals surface area contributed by atoms with Gasteiger partial charge in [0.05, 0.1) is 0 Å². The van der Waals surface area contributed by atoms with Crippen LogP contribution in [0.5, 0.6) is 0 Å². The molecule has 1 N–H and O–H groups in total. The summed E-state index contributed by atoms with van der Waals surface area (Å²) in [6.07, 6.45) is 1.65. The van der Waals surface area contributed by atoms with Gasteiger partial charge in [-0.1, -0.05) is 15.9 Å². The average Bonchev–Trinajstić information content (AvgIpc) is 2.33. The van der Waals surface area contributed by atoms with Gasteiger partial charge >= 0.3 is 0 Å². The molecular weight excluding hydrogens is 285 g/mol. The highest BCUT2D eigenvalue weighted by molar-refractivity contribution is 9.10. The smallest absolute Gasteiger partial charge is 0.162 e. The maximum atomic E-state index is 13.2. The van der Waals surface area contributed by atoms with Crippen LogP contribution in [0.4, 0.5) is 10.2 Å². The molecule has 0 spiro atoms. The monoisotopic (exact) mass is 295 g/mol. The molecule has 3 nitrogen and oxygen atoms in total. The zero-order valence-electron chi connectivity index (χ0n) is 9.24. The third-order valence-corrected chi connectivity index (χ3v) is 2.87. The number of anilines is 1. The maximum absolute atomic E-state index is 13.2. The molecule has 88 valence electrons. The summed E-state index contributed by atoms with van der Waals surface area (Å²) >= 11 is 3.36. The quantitative estimate of drug-likeness (QED) is 0.942. The van der Waals surface area contributed by atoms with Gasteiger partial charge in [0, 0.05) is 22.8 Å². The second-order valence-corrected chi connectivity index (χ2v) is 4.27. The molecule has 5 heteroatoms. The number of benzene rings is 1. The first-order valence-corrected chi connectivity index (χ1v) is 6.02. The van der Waals surface area contributed by atoms with Crippen molar-refractivity contribution in [3.8, 4) is 11.4 Å². The maximum Gasteiger partial charge on any atom is 0.162 e. The van der Waals surface area contributed by atoms with Crippen LogP contribution in [0, 0.1) is 5.82 Å². The zero-order valence-corrected chi connectivity index (χ0v) is 10.8. The Morgan fingerprint density at radius 2 is 2.18 bits per heavy atom. The Bertz CT molecular complexity index is 531. The number of nitrogens with one attached hydrogen (secondary N) is 1. The molecule has 0 aliphatic heterocycles. The Labute approximate surface area is 107 Å². The molecule has 17 heavy (non-hydrogen) atoms. The molecule has 0 saturated heterocycles. The largest absolute Gasteiger partial charge is 0.370 e. The van der Waals surface area contributed by atoms with Crippen molar-refractivity contribution in [3.05, 3.63) is 40.8 Å². The topological polar surface area (TPSA) is 37.8 Å². The van der Waals surface area contributed by atoms with Crippen LogP contribution in [-0.4, -0.2) is 16.5 Å². The summed E-state index contributed by atoms with van der Waals surface area (Å²) in [4.78, 5) is 8.46. The van der Waals surface area contributed by atoms with Gasteiger partial charge in [-0.05, 0) is 31.2 Å². The molecule has 1 aromatic heterocycles. The van der Waals surface area contributed by atoms with Crippen molar-refractivity contribution in [2.45, 2.75) is 6.92 Å². The second-order valence-electron chi connectivity index (χ2n) is 3.42. The summed E-state index contributed by atoms with van der Waals surface area (Å²) in [6.45, 7) is 2.76. The third kappa shape index (κ3) is 2.79. The third-order valence-electron chi connectivity index (χ3n) is 2.18. The molecular formula is C12H11BrFN3. The van der Waals surface area contributed by atoms with Gasteiger partial charge in [0.1, 0.15) is 11.6 Å². The van der Waals surface area contributed by atoms with E-state index in [-0.39, 0.29) is 5.82 Å². The lowest BCUT2D eigenvalue weighted by Crippen LogP contribution is -2.01. The molecule has 0 radical (unpaired) electrons. The molecule has 0 amide bonds. The fourth-order valence-corrected chi connectivity index (χ4v) is 1.86. The average molecular weight is 296 g/mol. The molecule has 2 aromatic rings. The Morgan fingerprint density at radius 3 is 2.94 bits per heavy atom. The van der Waals surface area contributed by atoms with E-state index in [9.17, 15) is 4.39 Å². The fraction of sp³-hybridized carbons (Fsp3) is 0.167. The second kappa shape index (κ2) is 5.23. The summed E-state index contributed by atoms with van der Waals surface area (Å²) in [5.74, 6) is 0.920. The van der Waals surface area contributed by atoms with E-state index in [0.717, 1.165) is 16.8 Å². The van der Waals surface area contributed by atoms with Crippen LogP contribution in [0.1, 0.15) is 6.92 Å². The summed E-state index contributed by atoms with van der Waals surface area (Å²) in [5, 5.41) is 3.09. The Morgan fingerprint density at radius 1 is 1.35 bits per heavy atom. The van der Waals surface area contributed by atoms with Crippen molar-refractivity contribution in [1.82, 2.24) is 9.97 Å². The Balaban J connectivity index is 2.45. The molecule has 0 fully saturated rings. The Kier molecular flexibility index (Phi) is 3.68. The van der Waals surface area contributed by atoms with Gasteiger partial charge in [-0.15, -0.1) is 0 Å². The molecule has 0 unspecified atom stereocenters. The van der Waals surface area contributed by atoms with Crippen LogP contribution in [0.2, 0.25) is 0 Å². The van der Waals surface area contributed by atoms with Crippen LogP contribution in [-0.2, 0) is 0 Å². The van der Waals surface area contributed by atoms with E-state index >= 15 is 0 Å². The van der Waals surface area contributed by atoms with E-state index in [4.69, 9.17) is 0 Å². The minimum Gasteiger partial charge on any atom is -0.370 e. The summed E-state index contributed by atoms with van der Waals surface area (Å²) in [5.41, 5.74) is 0.643. The number of hydrogen-bond acceptors (Lipinski definition) is 3. The summed E-state index contributed by atoms with van der Waals surface area (Å²) in [7, 11) is 0. The number of rotatable bonds is 3. The van der Waals surface area contributed by atoms with Gasteiger partial charge in [-0.25, -0.2) is 14.4 Å². The minimum atomic E-state index is -0.305. The van der Waals surface area contributed by atoms with Crippen LogP contribution >= 0.6 is 15.9 Å². The molecule has 0 bridgehead atoms. The summed E-state index contributed by atoms with van der Waals surface area (Å²) in [6, 6.07) is 6.23. The number of hydrogen-bond donors (Lipinski definition) is 1. The van der Waals surface area contributed by atoms with Gasteiger partial charge in [-0.3, -0.25) is 0 Å². The van der Waals surface area contributed by atoms with Crippen molar-refractivity contribution in [2.24, 2.45) is 0 Å². The van der Waals surface area contributed by atoms with Gasteiger partial charge in [0.2, 0.25) is 0 Å². The first-order valence-electron chi connectivity index (χ1n) is 5.23. The van der Waals surface area contributed by atoms with Crippen LogP contribution in [0.3, 0.4) is 0 Å². The van der Waals surface area contributed by atoms with Crippen molar-refractivity contribution in [3.63, 3.8) is 0 Å². The number of halogens is 2. The number of aromatic nitrogens is 2. The predicted octanol–water partition coefficient (Wildman–Crippen LogP) is 3.48. The first kappa shape index (κ1) is 12.0. The van der Waals surface area contributed by atoms with E-state index in [1.807, 2.05) is 6.92 Å². The highest BCUT2D eigenvalue weighted by Crippen LogP contribution is 2.26.